The lowest BCUT2D eigenvalue weighted by atomic mass is 10.2. The number of hydrogen-bond acceptors (Lipinski definition) is 11. The second kappa shape index (κ2) is 9.83. The van der Waals surface area contributed by atoms with Gasteiger partial charge in [-0.3, -0.25) is 14.3 Å². The van der Waals surface area contributed by atoms with Crippen LogP contribution < -0.4 is 25.6 Å². The maximum atomic E-state index is 14.7. The Bertz CT molecular complexity index is 1760. The lowest BCUT2D eigenvalue weighted by Gasteiger charge is -2.36. The Morgan fingerprint density at radius 3 is 2.65 bits per heavy atom. The van der Waals surface area contributed by atoms with Crippen LogP contribution in [0.3, 0.4) is 0 Å². The quantitative estimate of drug-likeness (QED) is 0.299. The van der Waals surface area contributed by atoms with Crippen LogP contribution in [0.4, 0.5) is 20.4 Å². The molecule has 12 nitrogen and oxygen atoms in total. The van der Waals surface area contributed by atoms with Gasteiger partial charge in [-0.15, -0.1) is 5.10 Å². The van der Waals surface area contributed by atoms with Crippen LogP contribution in [0, 0.1) is 11.6 Å². The molecule has 0 atom stereocenters. The van der Waals surface area contributed by atoms with E-state index in [4.69, 9.17) is 14.9 Å². The lowest BCUT2D eigenvalue weighted by Crippen LogP contribution is -2.50. The molecule has 3 N–H and O–H groups in total. The van der Waals surface area contributed by atoms with Crippen molar-refractivity contribution in [3.63, 3.8) is 0 Å². The monoisotopic (exact) mass is 569 g/mol. The number of nitrogens with one attached hydrogen (secondary N) is 1. The Hall–Kier alpha value is -4.08. The van der Waals surface area contributed by atoms with Gasteiger partial charge in [0.25, 0.3) is 0 Å². The third-order valence-electron chi connectivity index (χ3n) is 7.25. The van der Waals surface area contributed by atoms with E-state index < -0.39 is 11.6 Å². The van der Waals surface area contributed by atoms with Gasteiger partial charge in [-0.05, 0) is 12.1 Å². The summed E-state index contributed by atoms with van der Waals surface area (Å²) in [6, 6.07) is 5.82. The largest absolute Gasteiger partial charge is 0.485 e. The molecule has 0 bridgehead atoms. The molecule has 2 aliphatic heterocycles. The number of nitrogens with two attached hydrogens (primary N) is 1. The molecule has 40 heavy (non-hydrogen) atoms. The third-order valence-corrected chi connectivity index (χ3v) is 8.21. The molecular weight excluding hydrogens is 544 g/mol. The normalized spacial score (nSPS) is 16.7. The van der Waals surface area contributed by atoms with Crippen molar-refractivity contribution in [1.29, 1.82) is 0 Å². The number of halogens is 2. The first-order valence-corrected chi connectivity index (χ1v) is 13.7. The summed E-state index contributed by atoms with van der Waals surface area (Å²) in [5.41, 5.74) is 7.40. The number of ether oxygens (including phenoxy) is 1. The van der Waals surface area contributed by atoms with Crippen molar-refractivity contribution in [2.45, 2.75) is 12.6 Å². The zero-order valence-electron chi connectivity index (χ0n) is 21.2. The van der Waals surface area contributed by atoms with Gasteiger partial charge in [-0.1, -0.05) is 11.3 Å². The van der Waals surface area contributed by atoms with Crippen LogP contribution in [0.15, 0.2) is 39.7 Å². The van der Waals surface area contributed by atoms with Crippen LogP contribution in [-0.4, -0.2) is 81.0 Å². The van der Waals surface area contributed by atoms with E-state index >= 15 is 0 Å². The first kappa shape index (κ1) is 24.9. The van der Waals surface area contributed by atoms with Crippen LogP contribution in [0.5, 0.6) is 5.75 Å². The van der Waals surface area contributed by atoms with Gasteiger partial charge in [0.2, 0.25) is 11.8 Å². The molecule has 4 aromatic heterocycles. The molecule has 6 heterocycles. The molecule has 0 saturated carbocycles. The minimum atomic E-state index is -0.699. The van der Waals surface area contributed by atoms with Crippen LogP contribution in [0.25, 0.3) is 27.6 Å². The maximum absolute atomic E-state index is 14.7. The second-order valence-corrected chi connectivity index (χ2v) is 10.7. The molecule has 0 spiro atoms. The van der Waals surface area contributed by atoms with Crippen LogP contribution >= 0.6 is 11.3 Å². The molecule has 0 unspecified atom stereocenters. The number of nitrogen functional groups attached to an aromatic ring is 1. The van der Waals surface area contributed by atoms with E-state index in [9.17, 15) is 13.6 Å². The zero-order valence-corrected chi connectivity index (χ0v) is 22.0. The van der Waals surface area contributed by atoms with Gasteiger partial charge >= 0.3 is 4.87 Å². The molecule has 0 radical (unpaired) electrons. The summed E-state index contributed by atoms with van der Waals surface area (Å²) < 4.78 is 43.6. The highest BCUT2D eigenvalue weighted by Gasteiger charge is 2.25. The number of hydrogen-bond donors (Lipinski definition) is 2. The van der Waals surface area contributed by atoms with Crippen molar-refractivity contribution >= 4 is 39.0 Å². The number of nitrogens with zero attached hydrogens (tertiary/aromatic N) is 7. The molecule has 7 rings (SSSR count). The SMILES string of the molecule is Nc1nc2c(sc(=O)n2CCN2CCN(c3cc(OC4CNC4)c(F)cc3F)CC2)c2nc(-c3ccco3)nn12. The molecular formula is C25H25F2N9O3S. The van der Waals surface area contributed by atoms with E-state index in [1.807, 2.05) is 4.90 Å². The summed E-state index contributed by atoms with van der Waals surface area (Å²) in [6.07, 6.45) is 1.42. The maximum Gasteiger partial charge on any atom is 0.309 e. The predicted molar refractivity (Wildman–Crippen MR) is 145 cm³/mol. The summed E-state index contributed by atoms with van der Waals surface area (Å²) >= 11 is 1.05. The van der Waals surface area contributed by atoms with E-state index in [2.05, 4.69) is 25.3 Å². The van der Waals surface area contributed by atoms with Crippen LogP contribution in [0.2, 0.25) is 0 Å². The topological polar surface area (TPSA) is 132 Å². The average Bonchev–Trinajstić information content (AvgIpc) is 3.66. The standard InChI is InChI=1S/C25H25F2N9O3S/c26-15-10-16(27)19(39-14-12-29-13-14)11-17(15)34-6-3-33(4-7-34)5-8-35-22-20(40-25(35)37)23-30-21(18-2-1-9-38-18)32-36(23)24(28)31-22/h1-2,9-11,14,29H,3-8,12-13H2,(H2,28,31). The molecule has 15 heteroatoms. The van der Waals surface area contributed by atoms with Crippen molar-refractivity contribution in [1.82, 2.24) is 34.4 Å². The van der Waals surface area contributed by atoms with Crippen molar-refractivity contribution < 1.29 is 17.9 Å². The molecule has 0 amide bonds. The van der Waals surface area contributed by atoms with Gasteiger partial charge in [0.1, 0.15) is 16.6 Å². The first-order chi connectivity index (χ1) is 19.4. The molecule has 208 valence electrons. The van der Waals surface area contributed by atoms with E-state index in [0.717, 1.165) is 17.4 Å². The van der Waals surface area contributed by atoms with E-state index in [1.165, 1.54) is 16.8 Å². The van der Waals surface area contributed by atoms with Gasteiger partial charge in [0, 0.05) is 64.5 Å². The molecule has 2 fully saturated rings. The molecule has 1 aromatic carbocycles. The predicted octanol–water partition coefficient (Wildman–Crippen LogP) is 1.79. The van der Waals surface area contributed by atoms with Gasteiger partial charge < -0.3 is 25.1 Å². The highest BCUT2D eigenvalue weighted by Crippen LogP contribution is 2.30. The summed E-state index contributed by atoms with van der Waals surface area (Å²) in [6.45, 7) is 4.67. The number of thiazole rings is 1. The van der Waals surface area contributed by atoms with Crippen molar-refractivity contribution in [3.05, 3.63) is 51.8 Å². The Labute approximate surface area is 229 Å². The summed E-state index contributed by atoms with van der Waals surface area (Å²) in [7, 11) is 0. The smallest absolute Gasteiger partial charge is 0.309 e. The molecule has 0 aliphatic carbocycles. The summed E-state index contributed by atoms with van der Waals surface area (Å²) in [4.78, 5) is 25.9. The molecule has 5 aromatic rings. The Morgan fingerprint density at radius 1 is 1.10 bits per heavy atom. The van der Waals surface area contributed by atoms with Crippen molar-refractivity contribution in [3.8, 4) is 17.3 Å². The Kier molecular flexibility index (Phi) is 6.13. The first-order valence-electron chi connectivity index (χ1n) is 12.9. The van der Waals surface area contributed by atoms with E-state index in [0.29, 0.717) is 85.6 Å². The van der Waals surface area contributed by atoms with Gasteiger partial charge in [-0.2, -0.15) is 9.50 Å². The zero-order chi connectivity index (χ0) is 27.4. The number of furan rings is 1. The summed E-state index contributed by atoms with van der Waals surface area (Å²) in [5, 5.41) is 7.45. The van der Waals surface area contributed by atoms with E-state index in [-0.39, 0.29) is 22.7 Å². The van der Waals surface area contributed by atoms with Crippen LogP contribution in [0.1, 0.15) is 0 Å². The minimum absolute atomic E-state index is 0.0684. The third kappa shape index (κ3) is 4.35. The van der Waals surface area contributed by atoms with Crippen molar-refractivity contribution in [2.75, 3.05) is 56.4 Å². The fourth-order valence-electron chi connectivity index (χ4n) is 4.97. The Balaban J connectivity index is 1.05. The number of piperazine rings is 1. The number of rotatable bonds is 7. The van der Waals surface area contributed by atoms with Gasteiger partial charge in [0.15, 0.2) is 28.6 Å². The summed E-state index contributed by atoms with van der Waals surface area (Å²) in [5.74, 6) is -0.283. The minimum Gasteiger partial charge on any atom is -0.485 e. The van der Waals surface area contributed by atoms with Crippen molar-refractivity contribution in [2.24, 2.45) is 0 Å². The molecule has 2 saturated heterocycles. The number of anilines is 2. The Morgan fingerprint density at radius 2 is 1.93 bits per heavy atom. The lowest BCUT2D eigenvalue weighted by molar-refractivity contribution is 0.136. The molecule has 2 aliphatic rings. The van der Waals surface area contributed by atoms with Gasteiger partial charge in [-0.25, -0.2) is 13.8 Å². The van der Waals surface area contributed by atoms with Gasteiger partial charge in [0.05, 0.1) is 12.0 Å². The number of benzene rings is 1. The van der Waals surface area contributed by atoms with Crippen LogP contribution in [-0.2, 0) is 6.54 Å². The highest BCUT2D eigenvalue weighted by molar-refractivity contribution is 7.17. The van der Waals surface area contributed by atoms with E-state index in [1.54, 1.807) is 16.7 Å². The number of fused-ring (bicyclic) bond motifs is 3. The fraction of sp³-hybridized carbons (Fsp3) is 0.360. The average molecular weight is 570 g/mol. The number of aromatic nitrogens is 5. The second-order valence-electron chi connectivity index (χ2n) is 9.75. The fourth-order valence-corrected chi connectivity index (χ4v) is 5.90. The highest BCUT2D eigenvalue weighted by atomic mass is 32.1.